The first kappa shape index (κ1) is 23.1. The Morgan fingerprint density at radius 1 is 0.970 bits per heavy atom. The minimum atomic E-state index is -1.42. The topological polar surface area (TPSA) is 109 Å². The quantitative estimate of drug-likeness (QED) is 0.505. The van der Waals surface area contributed by atoms with Gasteiger partial charge in [0.05, 0.1) is 19.8 Å². The Hall–Kier alpha value is -1.71. The average molecular weight is 477 g/mol. The van der Waals surface area contributed by atoms with Crippen molar-refractivity contribution in [2.75, 3.05) is 19.8 Å². The van der Waals surface area contributed by atoms with Crippen molar-refractivity contribution in [1.82, 2.24) is 0 Å². The summed E-state index contributed by atoms with van der Waals surface area (Å²) in [4.78, 5) is 0. The maximum Gasteiger partial charge on any atom is 0.119 e. The first-order chi connectivity index (χ1) is 15.9. The van der Waals surface area contributed by atoms with Crippen LogP contribution in [0.4, 0.5) is 0 Å². The van der Waals surface area contributed by atoms with E-state index in [0.717, 1.165) is 42.9 Å². The molecular weight excluding hydrogens is 448 g/mol. The number of aliphatic hydroxyl groups excluding tert-OH is 4. The molecule has 2 heterocycles. The number of ether oxygens (including phenoxy) is 3. The summed E-state index contributed by atoms with van der Waals surface area (Å²) in [7, 11) is 0. The molecule has 2 aromatic rings. The van der Waals surface area contributed by atoms with E-state index in [1.807, 2.05) is 30.3 Å². The van der Waals surface area contributed by atoms with Gasteiger partial charge in [0.15, 0.2) is 0 Å². The van der Waals surface area contributed by atoms with Crippen LogP contribution in [0.1, 0.15) is 35.6 Å². The lowest BCUT2D eigenvalue weighted by molar-refractivity contribution is -0.231. The van der Waals surface area contributed by atoms with Crippen molar-refractivity contribution < 1.29 is 34.6 Å². The Balaban J connectivity index is 1.25. The van der Waals surface area contributed by atoms with Crippen LogP contribution in [0.2, 0.25) is 5.02 Å². The zero-order valence-electron chi connectivity index (χ0n) is 18.1. The molecule has 0 bridgehead atoms. The van der Waals surface area contributed by atoms with E-state index < -0.39 is 37.1 Å². The molecule has 7 nitrogen and oxygen atoms in total. The van der Waals surface area contributed by atoms with Gasteiger partial charge in [-0.05, 0) is 54.2 Å². The molecule has 1 unspecified atom stereocenters. The van der Waals surface area contributed by atoms with Crippen molar-refractivity contribution >= 4 is 11.6 Å². The Morgan fingerprint density at radius 2 is 1.70 bits per heavy atom. The molecule has 0 radical (unpaired) electrons. The van der Waals surface area contributed by atoms with Gasteiger partial charge in [0.2, 0.25) is 0 Å². The monoisotopic (exact) mass is 476 g/mol. The van der Waals surface area contributed by atoms with E-state index >= 15 is 0 Å². The van der Waals surface area contributed by atoms with Crippen LogP contribution >= 0.6 is 11.6 Å². The van der Waals surface area contributed by atoms with Crippen molar-refractivity contribution in [3.63, 3.8) is 0 Å². The van der Waals surface area contributed by atoms with E-state index in [0.29, 0.717) is 22.4 Å². The predicted octanol–water partition coefficient (Wildman–Crippen LogP) is 2.00. The molecule has 5 rings (SSSR count). The van der Waals surface area contributed by atoms with Crippen molar-refractivity contribution in [2.24, 2.45) is 5.41 Å². The van der Waals surface area contributed by atoms with Gasteiger partial charge >= 0.3 is 0 Å². The molecule has 3 fully saturated rings. The molecule has 2 saturated heterocycles. The first-order valence-electron chi connectivity index (χ1n) is 11.3. The molecule has 2 aromatic carbocycles. The summed E-state index contributed by atoms with van der Waals surface area (Å²) >= 11 is 6.43. The summed E-state index contributed by atoms with van der Waals surface area (Å²) in [5.41, 5.74) is 2.87. The molecule has 2 aliphatic heterocycles. The molecular formula is C25H29ClO7. The summed E-state index contributed by atoms with van der Waals surface area (Å²) in [6.07, 6.45) is -3.06. The molecule has 4 N–H and O–H groups in total. The van der Waals surface area contributed by atoms with E-state index in [2.05, 4.69) is 0 Å². The van der Waals surface area contributed by atoms with Gasteiger partial charge < -0.3 is 34.6 Å². The Bertz CT molecular complexity index is 967. The zero-order chi connectivity index (χ0) is 23.2. The summed E-state index contributed by atoms with van der Waals surface area (Å²) in [6, 6.07) is 13.2. The molecule has 3 aliphatic rings. The van der Waals surface area contributed by atoms with E-state index in [1.165, 1.54) is 0 Å². The van der Waals surface area contributed by atoms with Gasteiger partial charge in [0.1, 0.15) is 42.4 Å². The van der Waals surface area contributed by atoms with Gasteiger partial charge in [0.25, 0.3) is 0 Å². The summed E-state index contributed by atoms with van der Waals surface area (Å²) in [5, 5.41) is 40.6. The van der Waals surface area contributed by atoms with Gasteiger partial charge in [0, 0.05) is 10.4 Å². The molecule has 1 aliphatic carbocycles. The minimum absolute atomic E-state index is 0.254. The van der Waals surface area contributed by atoms with Gasteiger partial charge in [-0.3, -0.25) is 0 Å². The summed E-state index contributed by atoms with van der Waals surface area (Å²) < 4.78 is 17.1. The molecule has 8 heteroatoms. The maximum absolute atomic E-state index is 10.4. The lowest BCUT2D eigenvalue weighted by atomic mass is 9.65. The third kappa shape index (κ3) is 4.51. The highest BCUT2D eigenvalue weighted by Gasteiger charge is 2.51. The zero-order valence-corrected chi connectivity index (χ0v) is 18.9. The summed E-state index contributed by atoms with van der Waals surface area (Å²) in [6.45, 7) is 1.25. The molecule has 1 spiro atoms. The van der Waals surface area contributed by atoms with E-state index in [4.69, 9.17) is 25.8 Å². The van der Waals surface area contributed by atoms with Crippen LogP contribution in [0.3, 0.4) is 0 Å². The lowest BCUT2D eigenvalue weighted by Gasteiger charge is -2.52. The fourth-order valence-corrected chi connectivity index (χ4v) is 5.18. The highest BCUT2D eigenvalue weighted by atomic mass is 35.5. The van der Waals surface area contributed by atoms with Crippen LogP contribution in [0.15, 0.2) is 42.5 Å². The fraction of sp³-hybridized carbons (Fsp3) is 0.520. The Morgan fingerprint density at radius 3 is 2.33 bits per heavy atom. The minimum Gasteiger partial charge on any atom is -0.490 e. The molecule has 0 aromatic heterocycles. The number of hydrogen-bond donors (Lipinski definition) is 4. The van der Waals surface area contributed by atoms with Crippen molar-refractivity contribution in [2.45, 2.75) is 55.9 Å². The smallest absolute Gasteiger partial charge is 0.119 e. The third-order valence-electron chi connectivity index (χ3n) is 7.05. The first-order valence-corrected chi connectivity index (χ1v) is 11.7. The van der Waals surface area contributed by atoms with Crippen LogP contribution in [0.25, 0.3) is 0 Å². The van der Waals surface area contributed by atoms with Crippen molar-refractivity contribution in [3.05, 3.63) is 64.2 Å². The van der Waals surface area contributed by atoms with Crippen LogP contribution in [0.5, 0.6) is 5.75 Å². The molecule has 1 saturated carbocycles. The maximum atomic E-state index is 10.4. The van der Waals surface area contributed by atoms with Crippen LogP contribution in [-0.4, -0.2) is 70.8 Å². The van der Waals surface area contributed by atoms with Crippen LogP contribution < -0.4 is 4.74 Å². The predicted molar refractivity (Wildman–Crippen MR) is 120 cm³/mol. The van der Waals surface area contributed by atoms with Crippen molar-refractivity contribution in [1.29, 1.82) is 0 Å². The number of benzene rings is 2. The molecule has 0 amide bonds. The van der Waals surface area contributed by atoms with E-state index in [-0.39, 0.29) is 6.10 Å². The highest BCUT2D eigenvalue weighted by molar-refractivity contribution is 6.31. The SMILES string of the molecule is OC[C@H]1OC(c2ccc(Cl)c(Cc3ccc(OC4CC5(COC5)C4)cc3)c2)[C@H](O)[C@@H](O)[C@@H]1O. The highest BCUT2D eigenvalue weighted by Crippen LogP contribution is 2.48. The standard InChI is InChI=1S/C25H29ClO7/c26-19-6-3-15(24-23(30)22(29)21(28)20(11-27)33-24)8-16(19)7-14-1-4-17(5-2-14)32-18-9-25(10-18)12-31-13-25/h1-6,8,18,20-24,27-30H,7,9-13H2/t20-,21-,22+,23-,24?/m1/s1. The number of halogens is 1. The van der Waals surface area contributed by atoms with Gasteiger partial charge in [-0.1, -0.05) is 35.9 Å². The van der Waals surface area contributed by atoms with Crippen LogP contribution in [0, 0.1) is 5.41 Å². The second kappa shape index (κ2) is 9.15. The van der Waals surface area contributed by atoms with Crippen LogP contribution in [-0.2, 0) is 15.9 Å². The molecule has 5 atom stereocenters. The van der Waals surface area contributed by atoms with Gasteiger partial charge in [-0.2, -0.15) is 0 Å². The van der Waals surface area contributed by atoms with Gasteiger partial charge in [-0.15, -0.1) is 0 Å². The second-order valence-electron chi connectivity index (χ2n) is 9.56. The largest absolute Gasteiger partial charge is 0.490 e. The van der Waals surface area contributed by atoms with Crippen molar-refractivity contribution in [3.8, 4) is 5.75 Å². The average Bonchev–Trinajstić information content (AvgIpc) is 2.76. The number of rotatable bonds is 6. The molecule has 33 heavy (non-hydrogen) atoms. The normalized spacial score (nSPS) is 31.1. The Kier molecular flexibility index (Phi) is 6.39. The van der Waals surface area contributed by atoms with E-state index in [1.54, 1.807) is 12.1 Å². The number of aliphatic hydroxyl groups is 4. The van der Waals surface area contributed by atoms with Gasteiger partial charge in [-0.25, -0.2) is 0 Å². The lowest BCUT2D eigenvalue weighted by Crippen LogP contribution is -2.56. The number of hydrogen-bond acceptors (Lipinski definition) is 7. The van der Waals surface area contributed by atoms with E-state index in [9.17, 15) is 20.4 Å². The summed E-state index contributed by atoms with van der Waals surface area (Å²) in [5.74, 6) is 0.847. The fourth-order valence-electron chi connectivity index (χ4n) is 5.00. The Labute approximate surface area is 197 Å². The third-order valence-corrected chi connectivity index (χ3v) is 7.42. The second-order valence-corrected chi connectivity index (χ2v) is 9.97. The molecule has 178 valence electrons.